The second-order valence-electron chi connectivity index (χ2n) is 7.49. The standard InChI is InChI=1S/C25H22N4O4S/c1-16(24(30)26-17-12-13-21-22(14-17)33-15-32-21)34-25-28-27-23(19-10-6-7-11-20(19)31-2)29(25)18-8-4-3-5-9-18/h3-14,16H,15H2,1-2H3,(H,26,30). The van der Waals surface area contributed by atoms with E-state index < -0.39 is 5.25 Å². The fraction of sp³-hybridized carbons (Fsp3) is 0.160. The Labute approximate surface area is 200 Å². The Kier molecular flexibility index (Phi) is 6.09. The third-order valence-corrected chi connectivity index (χ3v) is 6.33. The number of anilines is 1. The van der Waals surface area contributed by atoms with Gasteiger partial charge in [-0.25, -0.2) is 0 Å². The number of rotatable bonds is 7. The predicted octanol–water partition coefficient (Wildman–Crippen LogP) is 4.79. The van der Waals surface area contributed by atoms with E-state index in [1.165, 1.54) is 11.8 Å². The van der Waals surface area contributed by atoms with Gasteiger partial charge in [-0.15, -0.1) is 10.2 Å². The molecule has 0 saturated carbocycles. The van der Waals surface area contributed by atoms with Crippen LogP contribution in [0.5, 0.6) is 17.2 Å². The summed E-state index contributed by atoms with van der Waals surface area (Å²) < 4.78 is 18.2. The zero-order chi connectivity index (χ0) is 23.5. The Morgan fingerprint density at radius 3 is 2.62 bits per heavy atom. The van der Waals surface area contributed by atoms with Gasteiger partial charge in [0, 0.05) is 17.4 Å². The molecule has 0 bridgehead atoms. The van der Waals surface area contributed by atoms with Crippen molar-refractivity contribution in [1.82, 2.24) is 14.8 Å². The molecule has 34 heavy (non-hydrogen) atoms. The highest BCUT2D eigenvalue weighted by Crippen LogP contribution is 2.36. The third-order valence-electron chi connectivity index (χ3n) is 5.29. The van der Waals surface area contributed by atoms with Crippen LogP contribution in [0, 0.1) is 0 Å². The average Bonchev–Trinajstić information content (AvgIpc) is 3.51. The van der Waals surface area contributed by atoms with Crippen LogP contribution >= 0.6 is 11.8 Å². The van der Waals surface area contributed by atoms with Crippen LogP contribution in [-0.4, -0.2) is 39.8 Å². The van der Waals surface area contributed by atoms with Crippen molar-refractivity contribution in [2.24, 2.45) is 0 Å². The van der Waals surface area contributed by atoms with Crippen LogP contribution in [0.1, 0.15) is 6.92 Å². The molecule has 1 unspecified atom stereocenters. The summed E-state index contributed by atoms with van der Waals surface area (Å²) in [5.41, 5.74) is 2.34. The zero-order valence-electron chi connectivity index (χ0n) is 18.6. The maximum Gasteiger partial charge on any atom is 0.237 e. The van der Waals surface area contributed by atoms with Gasteiger partial charge in [0.15, 0.2) is 22.5 Å². The highest BCUT2D eigenvalue weighted by atomic mass is 32.2. The van der Waals surface area contributed by atoms with Gasteiger partial charge in [0.2, 0.25) is 12.7 Å². The number of aromatic nitrogens is 3. The van der Waals surface area contributed by atoms with E-state index in [-0.39, 0.29) is 12.7 Å². The van der Waals surface area contributed by atoms with E-state index in [9.17, 15) is 4.79 Å². The van der Waals surface area contributed by atoms with E-state index >= 15 is 0 Å². The highest BCUT2D eigenvalue weighted by molar-refractivity contribution is 8.00. The van der Waals surface area contributed by atoms with Crippen LogP contribution in [0.15, 0.2) is 78.0 Å². The molecule has 0 saturated heterocycles. The van der Waals surface area contributed by atoms with Crippen LogP contribution in [-0.2, 0) is 4.79 Å². The molecular formula is C25H22N4O4S. The summed E-state index contributed by atoms with van der Waals surface area (Å²) in [4.78, 5) is 13.0. The Morgan fingerprint density at radius 2 is 1.79 bits per heavy atom. The number of methoxy groups -OCH3 is 1. The molecule has 1 atom stereocenters. The zero-order valence-corrected chi connectivity index (χ0v) is 19.4. The molecule has 8 nitrogen and oxygen atoms in total. The number of fused-ring (bicyclic) bond motifs is 1. The number of amides is 1. The average molecular weight is 475 g/mol. The fourth-order valence-corrected chi connectivity index (χ4v) is 4.46. The van der Waals surface area contributed by atoms with Crippen molar-refractivity contribution >= 4 is 23.4 Å². The van der Waals surface area contributed by atoms with Gasteiger partial charge in [-0.2, -0.15) is 0 Å². The summed E-state index contributed by atoms with van der Waals surface area (Å²) in [6, 6.07) is 22.8. The molecule has 1 aromatic heterocycles. The van der Waals surface area contributed by atoms with Crippen molar-refractivity contribution in [2.75, 3.05) is 19.2 Å². The summed E-state index contributed by atoms with van der Waals surface area (Å²) in [6.45, 7) is 2.02. The number of hydrogen-bond acceptors (Lipinski definition) is 7. The molecule has 0 radical (unpaired) electrons. The van der Waals surface area contributed by atoms with Crippen molar-refractivity contribution in [3.63, 3.8) is 0 Å². The quantitative estimate of drug-likeness (QED) is 0.385. The normalized spacial score (nSPS) is 12.9. The molecule has 5 rings (SSSR count). The molecule has 1 aliphatic rings. The number of benzene rings is 3. The molecule has 9 heteroatoms. The number of para-hydroxylation sites is 2. The second-order valence-corrected chi connectivity index (χ2v) is 8.80. The first kappa shape index (κ1) is 21.8. The largest absolute Gasteiger partial charge is 0.496 e. The number of carbonyl (C=O) groups excluding carboxylic acids is 1. The molecule has 1 N–H and O–H groups in total. The smallest absolute Gasteiger partial charge is 0.237 e. The lowest BCUT2D eigenvalue weighted by Crippen LogP contribution is -2.22. The first-order chi connectivity index (χ1) is 16.6. The first-order valence-electron chi connectivity index (χ1n) is 10.7. The van der Waals surface area contributed by atoms with Crippen LogP contribution in [0.4, 0.5) is 5.69 Å². The Bertz CT molecular complexity index is 1330. The van der Waals surface area contributed by atoms with Gasteiger partial charge in [0.1, 0.15) is 5.75 Å². The number of nitrogens with zero attached hydrogens (tertiary/aromatic N) is 3. The van der Waals surface area contributed by atoms with Gasteiger partial charge in [-0.05, 0) is 43.3 Å². The van der Waals surface area contributed by atoms with Crippen molar-refractivity contribution in [1.29, 1.82) is 0 Å². The summed E-state index contributed by atoms with van der Waals surface area (Å²) in [7, 11) is 1.63. The lowest BCUT2D eigenvalue weighted by Gasteiger charge is -2.15. The first-order valence-corrected chi connectivity index (χ1v) is 11.5. The van der Waals surface area contributed by atoms with Gasteiger partial charge < -0.3 is 19.5 Å². The van der Waals surface area contributed by atoms with E-state index in [0.717, 1.165) is 11.3 Å². The minimum Gasteiger partial charge on any atom is -0.496 e. The molecule has 4 aromatic rings. The molecule has 2 heterocycles. The maximum absolute atomic E-state index is 13.0. The topological polar surface area (TPSA) is 87.5 Å². The van der Waals surface area contributed by atoms with Crippen molar-refractivity contribution in [3.05, 3.63) is 72.8 Å². The molecule has 0 aliphatic carbocycles. The van der Waals surface area contributed by atoms with Crippen molar-refractivity contribution in [3.8, 4) is 34.3 Å². The lowest BCUT2D eigenvalue weighted by atomic mass is 10.2. The van der Waals surface area contributed by atoms with Gasteiger partial charge >= 0.3 is 0 Å². The Hall–Kier alpha value is -3.98. The third kappa shape index (κ3) is 4.29. The predicted molar refractivity (Wildman–Crippen MR) is 130 cm³/mol. The summed E-state index contributed by atoms with van der Waals surface area (Å²) in [6.07, 6.45) is 0. The van der Waals surface area contributed by atoms with E-state index in [0.29, 0.717) is 33.9 Å². The Balaban J connectivity index is 1.43. The van der Waals surface area contributed by atoms with Crippen molar-refractivity contribution < 1.29 is 19.0 Å². The van der Waals surface area contributed by atoms with Crippen LogP contribution < -0.4 is 19.5 Å². The Morgan fingerprint density at radius 1 is 1.03 bits per heavy atom. The minimum atomic E-state index is -0.442. The molecule has 0 spiro atoms. The minimum absolute atomic E-state index is 0.162. The van der Waals surface area contributed by atoms with Gasteiger partial charge in [-0.1, -0.05) is 42.1 Å². The van der Waals surface area contributed by atoms with Gasteiger partial charge in [0.25, 0.3) is 0 Å². The van der Waals surface area contributed by atoms with Crippen LogP contribution in [0.3, 0.4) is 0 Å². The monoisotopic (exact) mass is 474 g/mol. The number of thioether (sulfide) groups is 1. The number of carbonyl (C=O) groups is 1. The summed E-state index contributed by atoms with van der Waals surface area (Å²) in [5, 5.41) is 12.0. The lowest BCUT2D eigenvalue weighted by molar-refractivity contribution is -0.115. The SMILES string of the molecule is COc1ccccc1-c1nnc(SC(C)C(=O)Nc2ccc3c(c2)OCO3)n1-c1ccccc1. The summed E-state index contributed by atoms with van der Waals surface area (Å²) in [5.74, 6) is 2.45. The molecular weight excluding hydrogens is 452 g/mol. The molecule has 3 aromatic carbocycles. The fourth-order valence-electron chi connectivity index (χ4n) is 3.59. The second kappa shape index (κ2) is 9.48. The number of hydrogen-bond donors (Lipinski definition) is 1. The van der Waals surface area contributed by atoms with Crippen molar-refractivity contribution in [2.45, 2.75) is 17.3 Å². The van der Waals surface area contributed by atoms with Gasteiger partial charge in [-0.3, -0.25) is 9.36 Å². The van der Waals surface area contributed by atoms with Crippen LogP contribution in [0.25, 0.3) is 17.1 Å². The van der Waals surface area contributed by atoms with E-state index in [2.05, 4.69) is 15.5 Å². The summed E-state index contributed by atoms with van der Waals surface area (Å²) >= 11 is 1.33. The molecule has 0 fully saturated rings. The van der Waals surface area contributed by atoms with Crippen LogP contribution in [0.2, 0.25) is 0 Å². The van der Waals surface area contributed by atoms with Gasteiger partial charge in [0.05, 0.1) is 17.9 Å². The molecule has 1 aliphatic heterocycles. The number of ether oxygens (including phenoxy) is 3. The highest BCUT2D eigenvalue weighted by Gasteiger charge is 2.24. The maximum atomic E-state index is 13.0. The van der Waals surface area contributed by atoms with E-state index in [4.69, 9.17) is 14.2 Å². The molecule has 172 valence electrons. The van der Waals surface area contributed by atoms with E-state index in [1.807, 2.05) is 66.1 Å². The number of nitrogens with one attached hydrogen (secondary N) is 1. The molecule has 1 amide bonds. The van der Waals surface area contributed by atoms with E-state index in [1.54, 1.807) is 25.3 Å².